The molecule has 1 heterocycles. The van der Waals surface area contributed by atoms with Crippen LogP contribution in [0.15, 0.2) is 12.2 Å². The summed E-state index contributed by atoms with van der Waals surface area (Å²) in [6.07, 6.45) is 2.33. The lowest BCUT2D eigenvalue weighted by Crippen LogP contribution is -2.06. The normalized spacial score (nSPS) is 18.2. The Morgan fingerprint density at radius 1 is 1.56 bits per heavy atom. The van der Waals surface area contributed by atoms with Crippen LogP contribution in [0.4, 0.5) is 0 Å². The van der Waals surface area contributed by atoms with E-state index < -0.39 is 0 Å². The van der Waals surface area contributed by atoms with Crippen LogP contribution in [0.5, 0.6) is 0 Å². The van der Waals surface area contributed by atoms with Gasteiger partial charge in [0.1, 0.15) is 0 Å². The number of nitrogens with two attached hydrogens (primary N) is 1. The molecule has 0 amide bonds. The van der Waals surface area contributed by atoms with Crippen molar-refractivity contribution in [2.75, 3.05) is 20.3 Å². The molecule has 54 valence electrons. The van der Waals surface area contributed by atoms with Crippen molar-refractivity contribution in [1.82, 2.24) is 0 Å². The second-order valence-electron chi connectivity index (χ2n) is 1.91. The lowest BCUT2D eigenvalue weighted by molar-refractivity contribution is 0.130. The van der Waals surface area contributed by atoms with E-state index in [0.717, 1.165) is 13.2 Å². The van der Waals surface area contributed by atoms with Crippen molar-refractivity contribution in [1.29, 1.82) is 0 Å². The van der Waals surface area contributed by atoms with Gasteiger partial charge >= 0.3 is 0 Å². The zero-order chi connectivity index (χ0) is 7.11. The number of ether oxygens (including phenoxy) is 1. The van der Waals surface area contributed by atoms with Gasteiger partial charge in [0.15, 0.2) is 0 Å². The van der Waals surface area contributed by atoms with E-state index in [0.29, 0.717) is 0 Å². The lowest BCUT2D eigenvalue weighted by Gasteiger charge is -2.11. The molecule has 2 heteroatoms. The molecule has 0 aromatic heterocycles. The number of hydrogen-bond acceptors (Lipinski definition) is 2. The van der Waals surface area contributed by atoms with Gasteiger partial charge in [0, 0.05) is 6.61 Å². The number of hydrogen-bond donors (Lipinski definition) is 1. The van der Waals surface area contributed by atoms with Crippen LogP contribution in [0.25, 0.3) is 0 Å². The molecule has 0 radical (unpaired) electrons. The van der Waals surface area contributed by atoms with E-state index >= 15 is 0 Å². The fraction of sp³-hybridized carbons (Fsp3) is 0.714. The topological polar surface area (TPSA) is 35.2 Å². The average Bonchev–Trinajstić information content (AvgIpc) is 1.94. The van der Waals surface area contributed by atoms with Gasteiger partial charge < -0.3 is 10.5 Å². The highest BCUT2D eigenvalue weighted by molar-refractivity contribution is 4.95. The second kappa shape index (κ2) is 5.79. The van der Waals surface area contributed by atoms with Crippen LogP contribution in [0.3, 0.4) is 0 Å². The zero-order valence-corrected chi connectivity index (χ0v) is 6.02. The van der Waals surface area contributed by atoms with E-state index in [4.69, 9.17) is 4.74 Å². The summed E-state index contributed by atoms with van der Waals surface area (Å²) in [7, 11) is 1.50. The van der Waals surface area contributed by atoms with Crippen LogP contribution in [0.1, 0.15) is 12.8 Å². The maximum Gasteiger partial charge on any atom is 0.0674 e. The highest BCUT2D eigenvalue weighted by Crippen LogP contribution is 2.08. The van der Waals surface area contributed by atoms with E-state index in [9.17, 15) is 0 Å². The minimum Gasteiger partial charge on any atom is -0.377 e. The molecule has 0 aromatic carbocycles. The Balaban J connectivity index is 0.000000291. The standard InChI is InChI=1S/C6H10O.CH5N/c1-6-3-2-4-7-5-6;1-2/h1-5H2;2H2,1H3. The van der Waals surface area contributed by atoms with Crippen molar-refractivity contribution < 1.29 is 4.74 Å². The maximum absolute atomic E-state index is 5.08. The van der Waals surface area contributed by atoms with Crippen molar-refractivity contribution in [3.63, 3.8) is 0 Å². The quantitative estimate of drug-likeness (QED) is 0.494. The third-order valence-electron chi connectivity index (χ3n) is 1.13. The molecule has 1 aliphatic heterocycles. The first-order chi connectivity index (χ1) is 4.39. The predicted octanol–water partition coefficient (Wildman–Crippen LogP) is 0.928. The van der Waals surface area contributed by atoms with E-state index in [1.54, 1.807) is 0 Å². The van der Waals surface area contributed by atoms with Crippen LogP contribution in [0.2, 0.25) is 0 Å². The molecule has 0 aliphatic carbocycles. The molecule has 1 rings (SSSR count). The Bertz CT molecular complexity index is 73.0. The van der Waals surface area contributed by atoms with Gasteiger partial charge in [0.05, 0.1) is 6.61 Å². The fourth-order valence-corrected chi connectivity index (χ4v) is 0.713. The minimum absolute atomic E-state index is 0.792. The Morgan fingerprint density at radius 3 is 2.44 bits per heavy atom. The molecule has 9 heavy (non-hydrogen) atoms. The molecule has 0 bridgehead atoms. The van der Waals surface area contributed by atoms with Crippen LogP contribution in [-0.2, 0) is 4.74 Å². The first-order valence-electron chi connectivity index (χ1n) is 3.22. The minimum atomic E-state index is 0.792. The molecular formula is C7H15NO. The Morgan fingerprint density at radius 2 is 2.22 bits per heavy atom. The summed E-state index contributed by atoms with van der Waals surface area (Å²) in [4.78, 5) is 0. The molecule has 0 spiro atoms. The van der Waals surface area contributed by atoms with Crippen LogP contribution in [-0.4, -0.2) is 20.3 Å². The lowest BCUT2D eigenvalue weighted by atomic mass is 10.1. The van der Waals surface area contributed by atoms with Gasteiger partial charge in [-0.25, -0.2) is 0 Å². The summed E-state index contributed by atoms with van der Waals surface area (Å²) < 4.78 is 5.08. The van der Waals surface area contributed by atoms with Gasteiger partial charge in [-0.05, 0) is 19.9 Å². The molecule has 2 nitrogen and oxygen atoms in total. The van der Waals surface area contributed by atoms with E-state index in [2.05, 4.69) is 12.3 Å². The predicted molar refractivity (Wildman–Crippen MR) is 39.3 cm³/mol. The maximum atomic E-state index is 5.08. The highest BCUT2D eigenvalue weighted by atomic mass is 16.5. The van der Waals surface area contributed by atoms with Crippen molar-refractivity contribution in [2.45, 2.75) is 12.8 Å². The van der Waals surface area contributed by atoms with Gasteiger partial charge in [-0.15, -0.1) is 0 Å². The van der Waals surface area contributed by atoms with Crippen molar-refractivity contribution in [3.05, 3.63) is 12.2 Å². The van der Waals surface area contributed by atoms with Gasteiger partial charge in [0.2, 0.25) is 0 Å². The Hall–Kier alpha value is -0.340. The van der Waals surface area contributed by atoms with Crippen LogP contribution >= 0.6 is 0 Å². The Kier molecular flexibility index (Phi) is 5.57. The number of rotatable bonds is 0. The highest BCUT2D eigenvalue weighted by Gasteiger charge is 2.00. The smallest absolute Gasteiger partial charge is 0.0674 e. The summed E-state index contributed by atoms with van der Waals surface area (Å²) >= 11 is 0. The van der Waals surface area contributed by atoms with E-state index in [1.165, 1.54) is 25.5 Å². The van der Waals surface area contributed by atoms with E-state index in [-0.39, 0.29) is 0 Å². The van der Waals surface area contributed by atoms with Gasteiger partial charge in [-0.2, -0.15) is 0 Å². The molecule has 0 saturated carbocycles. The van der Waals surface area contributed by atoms with Crippen molar-refractivity contribution >= 4 is 0 Å². The first-order valence-corrected chi connectivity index (χ1v) is 3.22. The zero-order valence-electron chi connectivity index (χ0n) is 6.02. The SMILES string of the molecule is C=C1CCCOC1.CN. The summed E-state index contributed by atoms with van der Waals surface area (Å²) in [6.45, 7) is 5.51. The fourth-order valence-electron chi connectivity index (χ4n) is 0.713. The summed E-state index contributed by atoms with van der Waals surface area (Å²) in [5.41, 5.74) is 5.74. The molecule has 2 N–H and O–H groups in total. The van der Waals surface area contributed by atoms with Crippen molar-refractivity contribution in [3.8, 4) is 0 Å². The molecule has 0 unspecified atom stereocenters. The third-order valence-corrected chi connectivity index (χ3v) is 1.13. The average molecular weight is 129 g/mol. The molecule has 0 atom stereocenters. The molecule has 0 aromatic rings. The van der Waals surface area contributed by atoms with Crippen LogP contribution in [0, 0.1) is 0 Å². The van der Waals surface area contributed by atoms with E-state index in [1.807, 2.05) is 0 Å². The Labute approximate surface area is 56.7 Å². The molecule has 1 fully saturated rings. The van der Waals surface area contributed by atoms with Gasteiger partial charge in [-0.3, -0.25) is 0 Å². The van der Waals surface area contributed by atoms with Crippen LogP contribution < -0.4 is 5.73 Å². The summed E-state index contributed by atoms with van der Waals surface area (Å²) in [6, 6.07) is 0. The largest absolute Gasteiger partial charge is 0.377 e. The van der Waals surface area contributed by atoms with Crippen molar-refractivity contribution in [2.24, 2.45) is 5.73 Å². The molecule has 1 saturated heterocycles. The second-order valence-corrected chi connectivity index (χ2v) is 1.91. The third kappa shape index (κ3) is 4.18. The van der Waals surface area contributed by atoms with Gasteiger partial charge in [0.25, 0.3) is 0 Å². The molecular weight excluding hydrogens is 114 g/mol. The van der Waals surface area contributed by atoms with Gasteiger partial charge in [-0.1, -0.05) is 12.2 Å². The monoisotopic (exact) mass is 129 g/mol. The summed E-state index contributed by atoms with van der Waals surface area (Å²) in [5.74, 6) is 0. The molecule has 1 aliphatic rings. The first kappa shape index (κ1) is 8.66. The summed E-state index contributed by atoms with van der Waals surface area (Å²) in [5, 5.41) is 0.